The van der Waals surface area contributed by atoms with Gasteiger partial charge in [0.2, 0.25) is 0 Å². The molecule has 0 aliphatic carbocycles. The molecule has 2 aromatic rings. The lowest BCUT2D eigenvalue weighted by atomic mass is 9.97. The number of ether oxygens (including phenoxy) is 2. The van der Waals surface area contributed by atoms with E-state index in [4.69, 9.17) is 26.3 Å². The molecule has 1 heterocycles. The maximum absolute atomic E-state index is 12.3. The smallest absolute Gasteiger partial charge is 0.313 e. The number of nitrogens with zero attached hydrogens (tertiary/aromatic N) is 1. The van der Waals surface area contributed by atoms with Crippen molar-refractivity contribution < 1.29 is 19.1 Å². The first-order valence-corrected chi connectivity index (χ1v) is 9.70. The van der Waals surface area contributed by atoms with Crippen molar-refractivity contribution in [3.63, 3.8) is 0 Å². The molecule has 144 valence electrons. The zero-order chi connectivity index (χ0) is 20.1. The lowest BCUT2D eigenvalue weighted by Gasteiger charge is -2.24. The fraction of sp³-hybridized carbons (Fsp3) is 0.250. The lowest BCUT2D eigenvalue weighted by molar-refractivity contribution is -0.152. The number of thioether (sulfide) groups is 1. The summed E-state index contributed by atoms with van der Waals surface area (Å²) in [6.45, 7) is 1.64. The van der Waals surface area contributed by atoms with Crippen molar-refractivity contribution in [3.8, 4) is 11.2 Å². The van der Waals surface area contributed by atoms with Crippen molar-refractivity contribution in [2.75, 3.05) is 18.5 Å². The van der Waals surface area contributed by atoms with E-state index in [2.05, 4.69) is 5.32 Å². The Bertz CT molecular complexity index is 958. The monoisotopic (exact) mass is 416 g/mol. The van der Waals surface area contributed by atoms with Crippen LogP contribution in [0.2, 0.25) is 5.02 Å². The van der Waals surface area contributed by atoms with Crippen LogP contribution in [-0.4, -0.2) is 25.1 Å². The number of rotatable bonds is 5. The van der Waals surface area contributed by atoms with Gasteiger partial charge in [-0.3, -0.25) is 9.59 Å². The van der Waals surface area contributed by atoms with Gasteiger partial charge in [-0.05, 0) is 72.6 Å². The van der Waals surface area contributed by atoms with Crippen LogP contribution in [0.4, 0.5) is 5.69 Å². The van der Waals surface area contributed by atoms with E-state index in [-0.39, 0.29) is 13.2 Å². The van der Waals surface area contributed by atoms with Crippen LogP contribution in [0.3, 0.4) is 0 Å². The number of amides is 1. The fourth-order valence-electron chi connectivity index (χ4n) is 2.85. The van der Waals surface area contributed by atoms with Crippen molar-refractivity contribution in [1.29, 1.82) is 5.26 Å². The molecule has 0 bridgehead atoms. The molecule has 1 N–H and O–H groups in total. The summed E-state index contributed by atoms with van der Waals surface area (Å²) in [7, 11) is 0. The highest BCUT2D eigenvalue weighted by molar-refractivity contribution is 8.03. The quantitative estimate of drug-likeness (QED) is 0.451. The molecule has 3 rings (SSSR count). The van der Waals surface area contributed by atoms with Gasteiger partial charge in [-0.1, -0.05) is 11.6 Å². The Labute approximate surface area is 171 Å². The van der Waals surface area contributed by atoms with Crippen LogP contribution >= 0.6 is 23.4 Å². The Morgan fingerprint density at radius 3 is 2.93 bits per heavy atom. The first-order chi connectivity index (χ1) is 13.5. The van der Waals surface area contributed by atoms with Gasteiger partial charge in [0.15, 0.2) is 6.61 Å². The van der Waals surface area contributed by atoms with E-state index in [1.54, 1.807) is 36.4 Å². The molecule has 1 atom stereocenters. The van der Waals surface area contributed by atoms with Gasteiger partial charge in [0, 0.05) is 15.6 Å². The molecule has 0 saturated carbocycles. The number of benzene rings is 2. The van der Waals surface area contributed by atoms with Gasteiger partial charge in [-0.25, -0.2) is 0 Å². The van der Waals surface area contributed by atoms with Crippen LogP contribution in [0.15, 0.2) is 41.3 Å². The second-order valence-electron chi connectivity index (χ2n) is 6.29. The second kappa shape index (κ2) is 9.00. The zero-order valence-corrected chi connectivity index (χ0v) is 16.6. The van der Waals surface area contributed by atoms with Gasteiger partial charge < -0.3 is 14.8 Å². The molecule has 0 unspecified atom stereocenters. The summed E-state index contributed by atoms with van der Waals surface area (Å²) < 4.78 is 10.7. The van der Waals surface area contributed by atoms with Crippen molar-refractivity contribution in [3.05, 3.63) is 52.5 Å². The number of hydrogen-bond acceptors (Lipinski definition) is 6. The summed E-state index contributed by atoms with van der Waals surface area (Å²) in [5, 5.41) is 14.0. The van der Waals surface area contributed by atoms with E-state index in [0.717, 1.165) is 27.8 Å². The minimum Gasteiger partial charge on any atom is -0.492 e. The van der Waals surface area contributed by atoms with Gasteiger partial charge in [-0.15, -0.1) is 0 Å². The van der Waals surface area contributed by atoms with E-state index in [0.29, 0.717) is 22.9 Å². The molecule has 8 heteroatoms. The van der Waals surface area contributed by atoms with Crippen molar-refractivity contribution >= 4 is 40.9 Å². The predicted octanol–water partition coefficient (Wildman–Crippen LogP) is 3.95. The highest BCUT2D eigenvalue weighted by Crippen LogP contribution is 2.30. The number of nitrogens with one attached hydrogen (secondary N) is 1. The predicted molar refractivity (Wildman–Crippen MR) is 106 cm³/mol. The average Bonchev–Trinajstić information content (AvgIpc) is 2.68. The minimum absolute atomic E-state index is 0.201. The molecule has 0 aromatic heterocycles. The number of thiocyanates is 1. The summed E-state index contributed by atoms with van der Waals surface area (Å²) in [6, 6.07) is 10.5. The van der Waals surface area contributed by atoms with E-state index in [9.17, 15) is 9.59 Å². The van der Waals surface area contributed by atoms with Crippen LogP contribution in [0.25, 0.3) is 0 Å². The Kier molecular flexibility index (Phi) is 6.45. The Morgan fingerprint density at radius 2 is 2.18 bits per heavy atom. The summed E-state index contributed by atoms with van der Waals surface area (Å²) in [6.07, 6.45) is 0.452. The highest BCUT2D eigenvalue weighted by atomic mass is 35.5. The number of carbonyl (C=O) groups excluding carboxylic acids is 2. The van der Waals surface area contributed by atoms with Crippen LogP contribution in [-0.2, 0) is 20.7 Å². The lowest BCUT2D eigenvalue weighted by Crippen LogP contribution is -2.32. The second-order valence-corrected chi connectivity index (χ2v) is 7.58. The SMILES string of the molecule is Cc1cc(SC#N)ccc1NC(=O)COC(=O)[C@H]1COc2ccc(Cl)cc2C1. The normalized spacial score (nSPS) is 15.0. The van der Waals surface area contributed by atoms with E-state index in [1.807, 2.05) is 12.3 Å². The number of nitriles is 1. The van der Waals surface area contributed by atoms with Crippen LogP contribution in [0, 0.1) is 23.5 Å². The molecule has 28 heavy (non-hydrogen) atoms. The van der Waals surface area contributed by atoms with E-state index < -0.39 is 17.8 Å². The van der Waals surface area contributed by atoms with Crippen molar-refractivity contribution in [2.45, 2.75) is 18.2 Å². The summed E-state index contributed by atoms with van der Waals surface area (Å²) in [5.74, 6) is -0.696. The maximum atomic E-state index is 12.3. The highest BCUT2D eigenvalue weighted by Gasteiger charge is 2.28. The minimum atomic E-state index is -0.488. The molecule has 0 spiro atoms. The number of anilines is 1. The number of esters is 1. The third-order valence-electron chi connectivity index (χ3n) is 4.24. The standard InChI is InChI=1S/C20H17ClN2O4S/c1-12-6-16(28-11-22)3-4-17(12)23-19(24)10-27-20(25)14-7-13-8-15(21)2-5-18(13)26-9-14/h2-6,8,14H,7,9-10H2,1H3,(H,23,24)/t14-/m1/s1. The molecule has 1 amide bonds. The first kappa shape index (κ1) is 20.1. The van der Waals surface area contributed by atoms with Crippen LogP contribution in [0.5, 0.6) is 5.75 Å². The van der Waals surface area contributed by atoms with Gasteiger partial charge in [-0.2, -0.15) is 5.26 Å². The number of halogens is 1. The van der Waals surface area contributed by atoms with Gasteiger partial charge in [0.25, 0.3) is 5.91 Å². The Morgan fingerprint density at radius 1 is 1.36 bits per heavy atom. The molecular formula is C20H17ClN2O4S. The summed E-state index contributed by atoms with van der Waals surface area (Å²) >= 11 is 7.03. The van der Waals surface area contributed by atoms with Gasteiger partial charge in [0.1, 0.15) is 17.8 Å². The number of carbonyl (C=O) groups is 2. The van der Waals surface area contributed by atoms with Crippen molar-refractivity contribution in [2.24, 2.45) is 5.92 Å². The van der Waals surface area contributed by atoms with Crippen LogP contribution < -0.4 is 10.1 Å². The van der Waals surface area contributed by atoms with E-state index in [1.165, 1.54) is 0 Å². The zero-order valence-electron chi connectivity index (χ0n) is 15.0. The average molecular weight is 417 g/mol. The Balaban J connectivity index is 1.52. The maximum Gasteiger partial charge on any atom is 0.313 e. The third kappa shape index (κ3) is 4.97. The Hall–Kier alpha value is -2.69. The molecule has 1 aliphatic rings. The number of hydrogen-bond donors (Lipinski definition) is 1. The molecular weight excluding hydrogens is 400 g/mol. The largest absolute Gasteiger partial charge is 0.492 e. The topological polar surface area (TPSA) is 88.4 Å². The van der Waals surface area contributed by atoms with Gasteiger partial charge >= 0.3 is 5.97 Å². The number of aryl methyl sites for hydroxylation is 1. The molecule has 0 saturated heterocycles. The summed E-state index contributed by atoms with van der Waals surface area (Å²) in [5.41, 5.74) is 2.26. The molecule has 2 aromatic carbocycles. The third-order valence-corrected chi connectivity index (χ3v) is 5.06. The van der Waals surface area contributed by atoms with Crippen molar-refractivity contribution in [1.82, 2.24) is 0 Å². The molecule has 6 nitrogen and oxygen atoms in total. The first-order valence-electron chi connectivity index (χ1n) is 8.50. The van der Waals surface area contributed by atoms with Gasteiger partial charge in [0.05, 0.1) is 5.92 Å². The number of fused-ring (bicyclic) bond motifs is 1. The van der Waals surface area contributed by atoms with Crippen LogP contribution in [0.1, 0.15) is 11.1 Å². The summed E-state index contributed by atoms with van der Waals surface area (Å²) in [4.78, 5) is 25.2. The molecule has 0 fully saturated rings. The fourth-order valence-corrected chi connectivity index (χ4v) is 3.52. The molecule has 1 aliphatic heterocycles. The van der Waals surface area contributed by atoms with E-state index >= 15 is 0 Å². The molecule has 0 radical (unpaired) electrons.